The van der Waals surface area contributed by atoms with Crippen LogP contribution in [0, 0.1) is 5.92 Å². The van der Waals surface area contributed by atoms with Crippen molar-refractivity contribution in [2.75, 3.05) is 13.2 Å². The lowest BCUT2D eigenvalue weighted by Gasteiger charge is -2.08. The van der Waals surface area contributed by atoms with Crippen LogP contribution in [0.1, 0.15) is 16.8 Å². The number of nitrogens with one attached hydrogen (secondary N) is 2. The Hall–Kier alpha value is -2.63. The lowest BCUT2D eigenvalue weighted by molar-refractivity contribution is -0.119. The van der Waals surface area contributed by atoms with Crippen LogP contribution >= 0.6 is 0 Å². The van der Waals surface area contributed by atoms with Crippen molar-refractivity contribution in [3.63, 3.8) is 0 Å². The Bertz CT molecular complexity index is 651. The Morgan fingerprint density at radius 1 is 1.33 bits per heavy atom. The number of rotatable bonds is 4. The predicted molar refractivity (Wildman–Crippen MR) is 75.4 cm³/mol. The average molecular weight is 285 g/mol. The van der Waals surface area contributed by atoms with Gasteiger partial charge in [0, 0.05) is 24.4 Å². The summed E-state index contributed by atoms with van der Waals surface area (Å²) in [5, 5.41) is 9.46. The molecule has 1 amide bonds. The molecule has 1 aromatic heterocycles. The molecule has 0 bridgehead atoms. The second-order valence-electron chi connectivity index (χ2n) is 5.00. The van der Waals surface area contributed by atoms with Gasteiger partial charge in [0.25, 0.3) is 0 Å². The smallest absolute Gasteiger partial charge is 0.341 e. The molecule has 0 saturated carbocycles. The fraction of sp³-hybridized carbons (Fsp3) is 0.267. The number of hydrogen-bond donors (Lipinski definition) is 2. The van der Waals surface area contributed by atoms with Crippen LogP contribution in [-0.2, 0) is 9.53 Å². The van der Waals surface area contributed by atoms with E-state index in [0.717, 1.165) is 5.56 Å². The maximum absolute atomic E-state index is 12.2. The summed E-state index contributed by atoms with van der Waals surface area (Å²) in [6.07, 6.45) is 1.87. The molecule has 6 heteroatoms. The molecule has 0 unspecified atom stereocenters. The highest BCUT2D eigenvalue weighted by Crippen LogP contribution is 2.21. The van der Waals surface area contributed by atoms with Crippen LogP contribution in [0.4, 0.5) is 0 Å². The zero-order chi connectivity index (χ0) is 14.7. The Morgan fingerprint density at radius 2 is 2.14 bits per heavy atom. The fourth-order valence-electron chi connectivity index (χ4n) is 2.32. The molecule has 0 radical (unpaired) electrons. The molecule has 1 aliphatic heterocycles. The minimum Gasteiger partial charge on any atom is -0.462 e. The van der Waals surface area contributed by atoms with Gasteiger partial charge in [-0.3, -0.25) is 9.89 Å². The monoisotopic (exact) mass is 285 g/mol. The first-order chi connectivity index (χ1) is 10.2. The number of carbonyl (C=O) groups is 2. The molecular weight excluding hydrogens is 270 g/mol. The topological polar surface area (TPSA) is 84.1 Å². The lowest BCUT2D eigenvalue weighted by Crippen LogP contribution is -2.17. The first kappa shape index (κ1) is 13.4. The number of nitrogens with zero attached hydrogens (tertiary/aromatic N) is 1. The number of carbonyl (C=O) groups excluding carboxylic acids is 2. The molecule has 1 aliphatic rings. The zero-order valence-corrected chi connectivity index (χ0v) is 11.3. The fourth-order valence-corrected chi connectivity index (χ4v) is 2.32. The molecule has 3 rings (SSSR count). The minimum absolute atomic E-state index is 0.00401. The normalized spacial score (nSPS) is 17.5. The van der Waals surface area contributed by atoms with Crippen molar-refractivity contribution in [2.45, 2.75) is 6.42 Å². The third-order valence-electron chi connectivity index (χ3n) is 3.43. The zero-order valence-electron chi connectivity index (χ0n) is 11.3. The van der Waals surface area contributed by atoms with Crippen molar-refractivity contribution in [2.24, 2.45) is 5.92 Å². The number of H-pyrrole nitrogens is 1. The molecule has 1 aromatic carbocycles. The number of aromatic nitrogens is 2. The Labute approximate surface area is 121 Å². The highest BCUT2D eigenvalue weighted by atomic mass is 16.5. The molecule has 2 aromatic rings. The van der Waals surface area contributed by atoms with Crippen LogP contribution in [-0.4, -0.2) is 35.2 Å². The van der Waals surface area contributed by atoms with Gasteiger partial charge in [0.1, 0.15) is 5.56 Å². The molecule has 2 heterocycles. The van der Waals surface area contributed by atoms with E-state index >= 15 is 0 Å². The number of aromatic amines is 1. The van der Waals surface area contributed by atoms with Crippen molar-refractivity contribution >= 4 is 11.9 Å². The van der Waals surface area contributed by atoms with E-state index in [1.165, 1.54) is 6.20 Å². The Balaban J connectivity index is 1.68. The number of esters is 1. The van der Waals surface area contributed by atoms with E-state index in [2.05, 4.69) is 15.5 Å². The van der Waals surface area contributed by atoms with Gasteiger partial charge in [-0.15, -0.1) is 0 Å². The van der Waals surface area contributed by atoms with Crippen LogP contribution in [0.25, 0.3) is 11.3 Å². The Kier molecular flexibility index (Phi) is 3.68. The van der Waals surface area contributed by atoms with E-state index in [-0.39, 0.29) is 18.4 Å². The van der Waals surface area contributed by atoms with Crippen LogP contribution in [0.3, 0.4) is 0 Å². The van der Waals surface area contributed by atoms with E-state index in [1.807, 2.05) is 30.3 Å². The third-order valence-corrected chi connectivity index (χ3v) is 3.43. The molecule has 0 aliphatic carbocycles. The maximum atomic E-state index is 12.2. The quantitative estimate of drug-likeness (QED) is 0.831. The molecule has 1 atom stereocenters. The summed E-state index contributed by atoms with van der Waals surface area (Å²) >= 11 is 0. The SMILES string of the molecule is O=C1C[C@@H](COC(=O)c2cn[nH]c2-c2ccccc2)CN1. The number of ether oxygens (including phenoxy) is 1. The van der Waals surface area contributed by atoms with Crippen LogP contribution in [0.2, 0.25) is 0 Å². The highest BCUT2D eigenvalue weighted by Gasteiger charge is 2.24. The van der Waals surface area contributed by atoms with Gasteiger partial charge in [0.05, 0.1) is 18.5 Å². The third kappa shape index (κ3) is 2.94. The van der Waals surface area contributed by atoms with Gasteiger partial charge in [-0.25, -0.2) is 4.79 Å². The maximum Gasteiger partial charge on any atom is 0.341 e. The summed E-state index contributed by atoms with van der Waals surface area (Å²) in [4.78, 5) is 23.2. The van der Waals surface area contributed by atoms with Crippen molar-refractivity contribution in [1.29, 1.82) is 0 Å². The Morgan fingerprint density at radius 3 is 2.86 bits per heavy atom. The van der Waals surface area contributed by atoms with Crippen molar-refractivity contribution in [3.8, 4) is 11.3 Å². The highest BCUT2D eigenvalue weighted by molar-refractivity contribution is 5.95. The summed E-state index contributed by atoms with van der Waals surface area (Å²) in [6.45, 7) is 0.792. The van der Waals surface area contributed by atoms with Crippen molar-refractivity contribution in [1.82, 2.24) is 15.5 Å². The van der Waals surface area contributed by atoms with Gasteiger partial charge in [-0.05, 0) is 0 Å². The van der Waals surface area contributed by atoms with Gasteiger partial charge in [-0.1, -0.05) is 30.3 Å². The van der Waals surface area contributed by atoms with Gasteiger partial charge in [0.2, 0.25) is 5.91 Å². The standard InChI is InChI=1S/C15H15N3O3/c19-13-6-10(7-16-13)9-21-15(20)12-8-17-18-14(12)11-4-2-1-3-5-11/h1-5,8,10H,6-7,9H2,(H,16,19)(H,17,18)/t10-/m1/s1. The second kappa shape index (κ2) is 5.78. The summed E-state index contributed by atoms with van der Waals surface area (Å²) in [5.74, 6) is -0.375. The molecule has 2 N–H and O–H groups in total. The van der Waals surface area contributed by atoms with Gasteiger partial charge < -0.3 is 10.1 Å². The number of benzene rings is 1. The average Bonchev–Trinajstić information content (AvgIpc) is 3.14. The first-order valence-electron chi connectivity index (χ1n) is 6.76. The van der Waals surface area contributed by atoms with Gasteiger partial charge in [-0.2, -0.15) is 5.10 Å². The summed E-state index contributed by atoms with van der Waals surface area (Å²) in [5.41, 5.74) is 1.92. The lowest BCUT2D eigenvalue weighted by atomic mass is 10.1. The van der Waals surface area contributed by atoms with Gasteiger partial charge in [0.15, 0.2) is 0 Å². The minimum atomic E-state index is -0.429. The van der Waals surface area contributed by atoms with E-state index in [0.29, 0.717) is 24.2 Å². The van der Waals surface area contributed by atoms with Crippen molar-refractivity contribution < 1.29 is 14.3 Å². The largest absolute Gasteiger partial charge is 0.462 e. The molecule has 6 nitrogen and oxygen atoms in total. The van der Waals surface area contributed by atoms with E-state index in [1.54, 1.807) is 0 Å². The number of amides is 1. The molecule has 108 valence electrons. The van der Waals surface area contributed by atoms with Crippen molar-refractivity contribution in [3.05, 3.63) is 42.1 Å². The van der Waals surface area contributed by atoms with Crippen LogP contribution in [0.5, 0.6) is 0 Å². The summed E-state index contributed by atoms with van der Waals surface area (Å²) < 4.78 is 5.29. The van der Waals surface area contributed by atoms with Crippen LogP contribution < -0.4 is 5.32 Å². The van der Waals surface area contributed by atoms with E-state index < -0.39 is 5.97 Å². The number of hydrogen-bond acceptors (Lipinski definition) is 4. The molecule has 21 heavy (non-hydrogen) atoms. The van der Waals surface area contributed by atoms with E-state index in [9.17, 15) is 9.59 Å². The molecule has 1 fully saturated rings. The van der Waals surface area contributed by atoms with Crippen LogP contribution in [0.15, 0.2) is 36.5 Å². The predicted octanol–water partition coefficient (Wildman–Crippen LogP) is 1.37. The molecule has 1 saturated heterocycles. The van der Waals surface area contributed by atoms with Gasteiger partial charge >= 0.3 is 5.97 Å². The van der Waals surface area contributed by atoms with E-state index in [4.69, 9.17) is 4.74 Å². The first-order valence-corrected chi connectivity index (χ1v) is 6.76. The summed E-state index contributed by atoms with van der Waals surface area (Å²) in [7, 11) is 0. The molecular formula is C15H15N3O3. The summed E-state index contributed by atoms with van der Waals surface area (Å²) in [6, 6.07) is 9.47. The molecule has 0 spiro atoms. The second-order valence-corrected chi connectivity index (χ2v) is 5.00.